The van der Waals surface area contributed by atoms with Gasteiger partial charge in [0, 0.05) is 29.1 Å². The van der Waals surface area contributed by atoms with E-state index in [4.69, 9.17) is 4.52 Å². The Kier molecular flexibility index (Phi) is 5.27. The molecule has 3 aromatic rings. The van der Waals surface area contributed by atoms with Crippen LogP contribution in [0.2, 0.25) is 0 Å². The highest BCUT2D eigenvalue weighted by Crippen LogP contribution is 2.24. The Morgan fingerprint density at radius 1 is 1.38 bits per heavy atom. The molecule has 1 N–H and O–H groups in total. The number of hydrogen-bond acceptors (Lipinski definition) is 7. The Morgan fingerprint density at radius 3 is 2.96 bits per heavy atom. The Balaban J connectivity index is 1.65. The van der Waals surface area contributed by atoms with Crippen LogP contribution in [-0.2, 0) is 12.3 Å². The highest BCUT2D eigenvalue weighted by molar-refractivity contribution is 7.98. The van der Waals surface area contributed by atoms with Gasteiger partial charge in [0.05, 0.1) is 22.8 Å². The molecule has 0 spiro atoms. The van der Waals surface area contributed by atoms with Gasteiger partial charge in [-0.1, -0.05) is 16.9 Å². The van der Waals surface area contributed by atoms with Crippen LogP contribution in [0.5, 0.6) is 0 Å². The summed E-state index contributed by atoms with van der Waals surface area (Å²) in [5, 5.41) is 8.53. The van der Waals surface area contributed by atoms with Crippen molar-refractivity contribution in [2.24, 2.45) is 0 Å². The lowest BCUT2D eigenvalue weighted by Crippen LogP contribution is -2.23. The first-order valence-corrected chi connectivity index (χ1v) is 9.11. The highest BCUT2D eigenvalue weighted by atomic mass is 32.2. The van der Waals surface area contributed by atoms with Gasteiger partial charge in [-0.25, -0.2) is 9.97 Å². The van der Waals surface area contributed by atoms with Crippen molar-refractivity contribution in [1.29, 1.82) is 0 Å². The Hall–Kier alpha value is -2.19. The second kappa shape index (κ2) is 7.59. The number of aryl methyl sites for hydroxylation is 2. The van der Waals surface area contributed by atoms with Gasteiger partial charge in [-0.15, -0.1) is 11.3 Å². The summed E-state index contributed by atoms with van der Waals surface area (Å²) in [6.45, 7) is 4.26. The van der Waals surface area contributed by atoms with Crippen LogP contribution in [0.25, 0.3) is 0 Å². The fraction of sp³-hybridized carbons (Fsp3) is 0.250. The second-order valence-electron chi connectivity index (χ2n) is 5.10. The number of rotatable bonds is 6. The highest BCUT2D eigenvalue weighted by Gasteiger charge is 2.14. The molecule has 0 saturated carbocycles. The zero-order valence-electron chi connectivity index (χ0n) is 13.3. The molecule has 3 aromatic heterocycles. The molecule has 3 heterocycles. The lowest BCUT2D eigenvalue weighted by molar-refractivity contribution is 0.0947. The van der Waals surface area contributed by atoms with Gasteiger partial charge in [0.25, 0.3) is 5.91 Å². The van der Waals surface area contributed by atoms with Crippen molar-refractivity contribution >= 4 is 29.0 Å². The topological polar surface area (TPSA) is 80.9 Å². The molecule has 8 heteroatoms. The summed E-state index contributed by atoms with van der Waals surface area (Å²) in [6, 6.07) is 5.41. The first-order chi connectivity index (χ1) is 11.6. The molecule has 3 rings (SSSR count). The SMILES string of the molecule is Cc1cc(CSc2ncccc2C(=O)NCc2cnc(C)s2)no1. The normalized spacial score (nSPS) is 10.8. The van der Waals surface area contributed by atoms with E-state index in [2.05, 4.69) is 20.4 Å². The predicted octanol–water partition coefficient (Wildman–Crippen LogP) is 3.37. The smallest absolute Gasteiger partial charge is 0.254 e. The summed E-state index contributed by atoms with van der Waals surface area (Å²) in [5.41, 5.74) is 1.39. The number of pyridine rings is 1. The van der Waals surface area contributed by atoms with Gasteiger partial charge in [0.2, 0.25) is 0 Å². The fourth-order valence-corrected chi connectivity index (χ4v) is 3.66. The molecule has 6 nitrogen and oxygen atoms in total. The molecule has 0 aliphatic heterocycles. The summed E-state index contributed by atoms with van der Waals surface area (Å²) in [6.07, 6.45) is 3.46. The maximum absolute atomic E-state index is 12.4. The van der Waals surface area contributed by atoms with Crippen LogP contribution in [0.1, 0.15) is 31.7 Å². The van der Waals surface area contributed by atoms with Crippen LogP contribution >= 0.6 is 23.1 Å². The van der Waals surface area contributed by atoms with Crippen LogP contribution in [0.3, 0.4) is 0 Å². The first kappa shape index (κ1) is 16.7. The zero-order chi connectivity index (χ0) is 16.9. The van der Waals surface area contributed by atoms with Crippen molar-refractivity contribution in [2.45, 2.75) is 31.2 Å². The summed E-state index contributed by atoms with van der Waals surface area (Å²) in [7, 11) is 0. The Labute approximate surface area is 147 Å². The van der Waals surface area contributed by atoms with Gasteiger partial charge in [-0.3, -0.25) is 4.79 Å². The van der Waals surface area contributed by atoms with Crippen molar-refractivity contribution in [3.63, 3.8) is 0 Å². The number of aromatic nitrogens is 3. The van der Waals surface area contributed by atoms with Gasteiger partial charge in [-0.05, 0) is 26.0 Å². The van der Waals surface area contributed by atoms with E-state index in [1.54, 1.807) is 35.9 Å². The number of nitrogens with one attached hydrogen (secondary N) is 1. The molecule has 0 saturated heterocycles. The number of amides is 1. The number of hydrogen-bond donors (Lipinski definition) is 1. The maximum Gasteiger partial charge on any atom is 0.254 e. The molecule has 1 amide bonds. The van der Waals surface area contributed by atoms with Crippen LogP contribution in [0.15, 0.2) is 40.1 Å². The van der Waals surface area contributed by atoms with Gasteiger partial charge >= 0.3 is 0 Å². The maximum atomic E-state index is 12.4. The zero-order valence-corrected chi connectivity index (χ0v) is 14.9. The molecule has 0 aromatic carbocycles. The van der Waals surface area contributed by atoms with Gasteiger partial charge in [0.1, 0.15) is 10.8 Å². The van der Waals surface area contributed by atoms with E-state index >= 15 is 0 Å². The van der Waals surface area contributed by atoms with E-state index in [9.17, 15) is 4.79 Å². The molecule has 0 atom stereocenters. The van der Waals surface area contributed by atoms with Crippen LogP contribution < -0.4 is 5.32 Å². The summed E-state index contributed by atoms with van der Waals surface area (Å²) < 4.78 is 5.05. The van der Waals surface area contributed by atoms with Crippen LogP contribution in [-0.4, -0.2) is 21.0 Å². The molecular weight excluding hydrogens is 344 g/mol. The predicted molar refractivity (Wildman–Crippen MR) is 93.1 cm³/mol. The molecule has 0 unspecified atom stereocenters. The van der Waals surface area contributed by atoms with Crippen molar-refractivity contribution in [3.05, 3.63) is 57.5 Å². The molecule has 0 aliphatic rings. The van der Waals surface area contributed by atoms with Crippen LogP contribution in [0.4, 0.5) is 0 Å². The lowest BCUT2D eigenvalue weighted by atomic mass is 10.2. The number of nitrogens with zero attached hydrogens (tertiary/aromatic N) is 3. The number of carbonyl (C=O) groups is 1. The molecule has 0 fully saturated rings. The van der Waals surface area contributed by atoms with Gasteiger partial charge < -0.3 is 9.84 Å². The van der Waals surface area contributed by atoms with E-state index in [1.165, 1.54) is 11.8 Å². The summed E-state index contributed by atoms with van der Waals surface area (Å²) >= 11 is 3.04. The Morgan fingerprint density at radius 2 is 2.25 bits per heavy atom. The minimum atomic E-state index is -0.145. The fourth-order valence-electron chi connectivity index (χ4n) is 2.06. The molecule has 124 valence electrons. The number of thioether (sulfide) groups is 1. The minimum absolute atomic E-state index is 0.145. The molecule has 0 bridgehead atoms. The van der Waals surface area contributed by atoms with Crippen molar-refractivity contribution < 1.29 is 9.32 Å². The van der Waals surface area contributed by atoms with Crippen LogP contribution in [0, 0.1) is 13.8 Å². The van der Waals surface area contributed by atoms with Crippen molar-refractivity contribution in [3.8, 4) is 0 Å². The minimum Gasteiger partial charge on any atom is -0.361 e. The third kappa shape index (κ3) is 4.21. The average Bonchev–Trinajstić information content (AvgIpc) is 3.19. The molecule has 0 aliphatic carbocycles. The quantitative estimate of drug-likeness (QED) is 0.679. The molecular formula is C16H16N4O2S2. The summed E-state index contributed by atoms with van der Waals surface area (Å²) in [5.74, 6) is 1.22. The average molecular weight is 360 g/mol. The number of carbonyl (C=O) groups excluding carboxylic acids is 1. The third-order valence-corrected chi connectivity index (χ3v) is 5.09. The molecule has 24 heavy (non-hydrogen) atoms. The summed E-state index contributed by atoms with van der Waals surface area (Å²) in [4.78, 5) is 22.0. The van der Waals surface area contributed by atoms with E-state index in [0.717, 1.165) is 21.3 Å². The monoisotopic (exact) mass is 360 g/mol. The second-order valence-corrected chi connectivity index (χ2v) is 7.39. The van der Waals surface area contributed by atoms with Crippen molar-refractivity contribution in [2.75, 3.05) is 0 Å². The lowest BCUT2D eigenvalue weighted by Gasteiger charge is -2.07. The van der Waals surface area contributed by atoms with Gasteiger partial charge in [0.15, 0.2) is 0 Å². The van der Waals surface area contributed by atoms with E-state index < -0.39 is 0 Å². The third-order valence-electron chi connectivity index (χ3n) is 3.14. The van der Waals surface area contributed by atoms with Gasteiger partial charge in [-0.2, -0.15) is 0 Å². The first-order valence-electron chi connectivity index (χ1n) is 7.31. The van der Waals surface area contributed by atoms with E-state index in [-0.39, 0.29) is 5.91 Å². The molecule has 0 radical (unpaired) electrons. The van der Waals surface area contributed by atoms with E-state index in [1.807, 2.05) is 19.9 Å². The van der Waals surface area contributed by atoms with Crippen molar-refractivity contribution in [1.82, 2.24) is 20.4 Å². The standard InChI is InChI=1S/C16H16N4O2S2/c1-10-6-12(20-22-10)9-23-16-14(4-3-5-17-16)15(21)19-8-13-7-18-11(2)24-13/h3-7H,8-9H2,1-2H3,(H,19,21). The van der Waals surface area contributed by atoms with E-state index in [0.29, 0.717) is 22.9 Å². The largest absolute Gasteiger partial charge is 0.361 e. The number of thiazole rings is 1. The Bertz CT molecular complexity index is 844.